The summed E-state index contributed by atoms with van der Waals surface area (Å²) >= 11 is 0. The molecular formula is C15H20O4. The minimum absolute atomic E-state index is 0.658. The number of aryl methyl sites for hydroxylation is 1. The summed E-state index contributed by atoms with van der Waals surface area (Å²) in [4.78, 5) is 11.8. The molecule has 0 unspecified atom stereocenters. The van der Waals surface area contributed by atoms with Crippen LogP contribution in [-0.4, -0.2) is 25.3 Å². The van der Waals surface area contributed by atoms with Gasteiger partial charge in [0.05, 0.1) is 19.6 Å². The third-order valence-corrected chi connectivity index (χ3v) is 4.07. The normalized spacial score (nSPS) is 17.2. The minimum Gasteiger partial charge on any atom is -0.497 e. The molecule has 1 saturated carbocycles. The van der Waals surface area contributed by atoms with E-state index in [0.717, 1.165) is 24.0 Å². The number of hydrogen-bond acceptors (Lipinski definition) is 3. The SMILES string of the molecule is COc1cc(C)c(OC)c(C2(C(=O)O)CCCC2)c1. The van der Waals surface area contributed by atoms with Gasteiger partial charge in [0.15, 0.2) is 0 Å². The molecule has 1 aromatic rings. The molecule has 2 rings (SSSR count). The third kappa shape index (κ3) is 2.15. The van der Waals surface area contributed by atoms with Crippen molar-refractivity contribution in [2.24, 2.45) is 0 Å². The number of benzene rings is 1. The summed E-state index contributed by atoms with van der Waals surface area (Å²) in [6.45, 7) is 1.91. The molecule has 1 aliphatic carbocycles. The average molecular weight is 264 g/mol. The molecule has 0 saturated heterocycles. The molecule has 1 aromatic carbocycles. The summed E-state index contributed by atoms with van der Waals surface area (Å²) in [5.41, 5.74) is 0.825. The van der Waals surface area contributed by atoms with Crippen LogP contribution in [-0.2, 0) is 10.2 Å². The second-order valence-electron chi connectivity index (χ2n) is 5.12. The lowest BCUT2D eigenvalue weighted by atomic mass is 9.77. The fourth-order valence-corrected chi connectivity index (χ4v) is 3.06. The van der Waals surface area contributed by atoms with E-state index in [2.05, 4.69) is 0 Å². The summed E-state index contributed by atoms with van der Waals surface area (Å²) < 4.78 is 10.7. The van der Waals surface area contributed by atoms with Crippen molar-refractivity contribution >= 4 is 5.97 Å². The van der Waals surface area contributed by atoms with Crippen molar-refractivity contribution in [3.05, 3.63) is 23.3 Å². The van der Waals surface area contributed by atoms with Crippen molar-refractivity contribution in [1.29, 1.82) is 0 Å². The minimum atomic E-state index is -0.829. The largest absolute Gasteiger partial charge is 0.497 e. The van der Waals surface area contributed by atoms with Crippen LogP contribution in [0, 0.1) is 6.92 Å². The first-order chi connectivity index (χ1) is 9.05. The van der Waals surface area contributed by atoms with Crippen LogP contribution >= 0.6 is 0 Å². The molecule has 0 aromatic heterocycles. The van der Waals surface area contributed by atoms with Gasteiger partial charge in [-0.3, -0.25) is 4.79 Å². The van der Waals surface area contributed by atoms with Gasteiger partial charge in [0.2, 0.25) is 0 Å². The van der Waals surface area contributed by atoms with Gasteiger partial charge in [-0.05, 0) is 37.5 Å². The van der Waals surface area contributed by atoms with Crippen LogP contribution in [0.15, 0.2) is 12.1 Å². The molecule has 1 aliphatic rings. The first-order valence-corrected chi connectivity index (χ1v) is 6.51. The molecule has 19 heavy (non-hydrogen) atoms. The Bertz CT molecular complexity index is 487. The Morgan fingerprint density at radius 2 is 1.84 bits per heavy atom. The monoisotopic (exact) mass is 264 g/mol. The van der Waals surface area contributed by atoms with Gasteiger partial charge < -0.3 is 14.6 Å². The van der Waals surface area contributed by atoms with Gasteiger partial charge in [-0.15, -0.1) is 0 Å². The summed E-state index contributed by atoms with van der Waals surface area (Å²) in [5.74, 6) is 0.585. The molecular weight excluding hydrogens is 244 g/mol. The summed E-state index contributed by atoms with van der Waals surface area (Å²) in [6, 6.07) is 3.68. The zero-order chi connectivity index (χ0) is 14.0. The Kier molecular flexibility index (Phi) is 3.69. The maximum atomic E-state index is 11.8. The lowest BCUT2D eigenvalue weighted by Gasteiger charge is -2.27. The number of carboxylic acid groups (broad SMARTS) is 1. The van der Waals surface area contributed by atoms with E-state index in [1.807, 2.05) is 19.1 Å². The fraction of sp³-hybridized carbons (Fsp3) is 0.533. The highest BCUT2D eigenvalue weighted by Gasteiger charge is 2.45. The van der Waals surface area contributed by atoms with Gasteiger partial charge in [0.25, 0.3) is 0 Å². The van der Waals surface area contributed by atoms with E-state index in [0.29, 0.717) is 24.3 Å². The van der Waals surface area contributed by atoms with E-state index in [1.165, 1.54) is 0 Å². The van der Waals surface area contributed by atoms with E-state index in [4.69, 9.17) is 9.47 Å². The van der Waals surface area contributed by atoms with Gasteiger partial charge >= 0.3 is 5.97 Å². The second kappa shape index (κ2) is 5.11. The van der Waals surface area contributed by atoms with Crippen LogP contribution in [0.4, 0.5) is 0 Å². The maximum absolute atomic E-state index is 11.8. The predicted molar refractivity (Wildman–Crippen MR) is 72.1 cm³/mol. The number of carboxylic acids is 1. The predicted octanol–water partition coefficient (Wildman–Crippen LogP) is 2.91. The lowest BCUT2D eigenvalue weighted by Crippen LogP contribution is -2.33. The Labute approximate surface area is 113 Å². The van der Waals surface area contributed by atoms with Crippen LogP contribution in [0.5, 0.6) is 11.5 Å². The summed E-state index contributed by atoms with van der Waals surface area (Å²) in [7, 11) is 3.18. The van der Waals surface area contributed by atoms with E-state index >= 15 is 0 Å². The Balaban J connectivity index is 2.64. The summed E-state index contributed by atoms with van der Waals surface area (Å²) in [5, 5.41) is 9.70. The molecule has 4 heteroatoms. The number of rotatable bonds is 4. The van der Waals surface area contributed by atoms with Crippen LogP contribution < -0.4 is 9.47 Å². The molecule has 0 spiro atoms. The van der Waals surface area contributed by atoms with Crippen LogP contribution in [0.2, 0.25) is 0 Å². The highest BCUT2D eigenvalue weighted by atomic mass is 16.5. The lowest BCUT2D eigenvalue weighted by molar-refractivity contribution is -0.143. The number of ether oxygens (including phenoxy) is 2. The average Bonchev–Trinajstić information content (AvgIpc) is 2.88. The highest BCUT2D eigenvalue weighted by Crippen LogP contribution is 2.47. The molecule has 104 valence electrons. The van der Waals surface area contributed by atoms with E-state index < -0.39 is 11.4 Å². The maximum Gasteiger partial charge on any atom is 0.314 e. The Hall–Kier alpha value is -1.71. The topological polar surface area (TPSA) is 55.8 Å². The molecule has 0 amide bonds. The van der Waals surface area contributed by atoms with Crippen molar-refractivity contribution in [2.45, 2.75) is 38.0 Å². The van der Waals surface area contributed by atoms with E-state index in [-0.39, 0.29) is 0 Å². The number of carbonyl (C=O) groups is 1. The van der Waals surface area contributed by atoms with Gasteiger partial charge in [-0.1, -0.05) is 12.8 Å². The summed E-state index contributed by atoms with van der Waals surface area (Å²) in [6.07, 6.45) is 3.19. The molecule has 0 atom stereocenters. The van der Waals surface area contributed by atoms with E-state index in [9.17, 15) is 9.90 Å². The molecule has 1 N–H and O–H groups in total. The molecule has 4 nitrogen and oxygen atoms in total. The molecule has 0 bridgehead atoms. The standard InChI is InChI=1S/C15H20O4/c1-10-8-11(18-2)9-12(13(10)19-3)15(14(16)17)6-4-5-7-15/h8-9H,4-7H2,1-3H3,(H,16,17). The zero-order valence-corrected chi connectivity index (χ0v) is 11.7. The van der Waals surface area contributed by atoms with Crippen molar-refractivity contribution in [2.75, 3.05) is 14.2 Å². The van der Waals surface area contributed by atoms with Gasteiger partial charge in [0.1, 0.15) is 11.5 Å². The molecule has 0 radical (unpaired) electrons. The number of methoxy groups -OCH3 is 2. The molecule has 1 fully saturated rings. The third-order valence-electron chi connectivity index (χ3n) is 4.07. The van der Waals surface area contributed by atoms with Crippen LogP contribution in [0.25, 0.3) is 0 Å². The van der Waals surface area contributed by atoms with Gasteiger partial charge in [-0.25, -0.2) is 0 Å². The molecule has 0 aliphatic heterocycles. The van der Waals surface area contributed by atoms with Crippen molar-refractivity contribution in [3.8, 4) is 11.5 Å². The van der Waals surface area contributed by atoms with Gasteiger partial charge in [0, 0.05) is 5.56 Å². The highest BCUT2D eigenvalue weighted by molar-refractivity contribution is 5.83. The van der Waals surface area contributed by atoms with Crippen molar-refractivity contribution < 1.29 is 19.4 Å². The van der Waals surface area contributed by atoms with Crippen molar-refractivity contribution in [1.82, 2.24) is 0 Å². The quantitative estimate of drug-likeness (QED) is 0.908. The number of hydrogen-bond donors (Lipinski definition) is 1. The van der Waals surface area contributed by atoms with Crippen LogP contribution in [0.1, 0.15) is 36.8 Å². The van der Waals surface area contributed by atoms with Crippen molar-refractivity contribution in [3.63, 3.8) is 0 Å². The van der Waals surface area contributed by atoms with E-state index in [1.54, 1.807) is 14.2 Å². The first kappa shape index (κ1) is 13.7. The Morgan fingerprint density at radius 3 is 2.32 bits per heavy atom. The number of aliphatic carboxylic acids is 1. The van der Waals surface area contributed by atoms with Crippen LogP contribution in [0.3, 0.4) is 0 Å². The van der Waals surface area contributed by atoms with Gasteiger partial charge in [-0.2, -0.15) is 0 Å². The smallest absolute Gasteiger partial charge is 0.314 e. The Morgan fingerprint density at radius 1 is 1.21 bits per heavy atom. The fourth-order valence-electron chi connectivity index (χ4n) is 3.06. The zero-order valence-electron chi connectivity index (χ0n) is 11.7. The second-order valence-corrected chi connectivity index (χ2v) is 5.12. The first-order valence-electron chi connectivity index (χ1n) is 6.51. The molecule has 0 heterocycles.